The van der Waals surface area contributed by atoms with Gasteiger partial charge in [-0.05, 0) is 49.0 Å². The third kappa shape index (κ3) is 2.63. The monoisotopic (exact) mass is 316 g/mol. The second-order valence-electron chi connectivity index (χ2n) is 8.38. The maximum atomic E-state index is 13.1. The Morgan fingerprint density at radius 1 is 1.26 bits per heavy atom. The summed E-state index contributed by atoms with van der Waals surface area (Å²) >= 11 is 0. The Hall–Kier alpha value is -1.22. The predicted molar refractivity (Wildman–Crippen MR) is 89.8 cm³/mol. The van der Waals surface area contributed by atoms with Gasteiger partial charge in [0.25, 0.3) is 0 Å². The lowest BCUT2D eigenvalue weighted by Crippen LogP contribution is -2.34. The molecular formula is C20H28O3. The molecule has 3 aliphatic rings. The topological polar surface area (TPSA) is 54.4 Å². The molecule has 0 heterocycles. The van der Waals surface area contributed by atoms with Crippen molar-refractivity contribution in [1.82, 2.24) is 0 Å². The zero-order valence-corrected chi connectivity index (χ0v) is 14.7. The fourth-order valence-electron chi connectivity index (χ4n) is 5.00. The van der Waals surface area contributed by atoms with Gasteiger partial charge >= 0.3 is 0 Å². The van der Waals surface area contributed by atoms with E-state index in [1.807, 2.05) is 13.8 Å². The van der Waals surface area contributed by atoms with Gasteiger partial charge in [0.2, 0.25) is 0 Å². The highest BCUT2D eigenvalue weighted by molar-refractivity contribution is 6.03. The van der Waals surface area contributed by atoms with E-state index in [2.05, 4.69) is 19.9 Å². The van der Waals surface area contributed by atoms with Gasteiger partial charge in [-0.25, -0.2) is 0 Å². The maximum absolute atomic E-state index is 13.1. The SMILES string of the molecule is C/C1=C\C[C@@H]2CCC3=C(C(=O)[C@@H]([C@@H](C)CC(=O)C1)[C@H]3O)C2(C)C. The highest BCUT2D eigenvalue weighted by Gasteiger charge is 2.52. The number of Topliss-reactive ketones (excluding diaryl/α,β-unsaturated/α-hetero) is 2. The van der Waals surface area contributed by atoms with Crippen molar-refractivity contribution < 1.29 is 14.7 Å². The van der Waals surface area contributed by atoms with E-state index in [-0.39, 0.29) is 22.9 Å². The van der Waals surface area contributed by atoms with Crippen LogP contribution < -0.4 is 0 Å². The maximum Gasteiger partial charge on any atom is 0.165 e. The largest absolute Gasteiger partial charge is 0.388 e. The number of carbonyl (C=O) groups is 2. The molecule has 3 nitrogen and oxygen atoms in total. The van der Waals surface area contributed by atoms with Crippen molar-refractivity contribution in [2.45, 2.75) is 65.9 Å². The van der Waals surface area contributed by atoms with Gasteiger partial charge in [0.1, 0.15) is 5.78 Å². The number of fused-ring (bicyclic) bond motifs is 2. The lowest BCUT2D eigenvalue weighted by molar-refractivity contribution is -0.124. The Kier molecular flexibility index (Phi) is 4.12. The normalized spacial score (nSPS) is 39.8. The second kappa shape index (κ2) is 5.70. The molecule has 3 heteroatoms. The second-order valence-corrected chi connectivity index (χ2v) is 8.38. The Morgan fingerprint density at radius 3 is 2.65 bits per heavy atom. The number of carbonyl (C=O) groups excluding carboxylic acids is 2. The zero-order valence-electron chi connectivity index (χ0n) is 14.7. The fraction of sp³-hybridized carbons (Fsp3) is 0.700. The minimum atomic E-state index is -0.685. The first-order valence-corrected chi connectivity index (χ1v) is 8.86. The van der Waals surface area contributed by atoms with Crippen LogP contribution in [0.15, 0.2) is 22.8 Å². The molecule has 3 bridgehead atoms. The molecular weight excluding hydrogens is 288 g/mol. The van der Waals surface area contributed by atoms with Gasteiger partial charge in [-0.1, -0.05) is 32.4 Å². The van der Waals surface area contributed by atoms with Gasteiger partial charge in [-0.2, -0.15) is 0 Å². The van der Waals surface area contributed by atoms with Crippen LogP contribution in [-0.4, -0.2) is 22.8 Å². The first-order chi connectivity index (χ1) is 10.7. The van der Waals surface area contributed by atoms with Crippen molar-refractivity contribution in [3.05, 3.63) is 22.8 Å². The van der Waals surface area contributed by atoms with Gasteiger partial charge < -0.3 is 5.11 Å². The van der Waals surface area contributed by atoms with Crippen LogP contribution in [0.25, 0.3) is 0 Å². The zero-order chi connectivity index (χ0) is 16.9. The Labute approximate surface area is 138 Å². The quantitative estimate of drug-likeness (QED) is 0.695. The van der Waals surface area contributed by atoms with E-state index < -0.39 is 12.0 Å². The molecule has 0 fully saturated rings. The first-order valence-electron chi connectivity index (χ1n) is 8.86. The summed E-state index contributed by atoms with van der Waals surface area (Å²) < 4.78 is 0. The van der Waals surface area contributed by atoms with Crippen LogP contribution >= 0.6 is 0 Å². The molecule has 23 heavy (non-hydrogen) atoms. The summed E-state index contributed by atoms with van der Waals surface area (Å²) in [4.78, 5) is 25.3. The molecule has 0 saturated heterocycles. The summed E-state index contributed by atoms with van der Waals surface area (Å²) in [5, 5.41) is 10.8. The smallest absolute Gasteiger partial charge is 0.165 e. The summed E-state index contributed by atoms with van der Waals surface area (Å²) in [6, 6.07) is 0. The van der Waals surface area contributed by atoms with E-state index in [1.54, 1.807) is 0 Å². The summed E-state index contributed by atoms with van der Waals surface area (Å²) in [6.07, 6.45) is 5.09. The molecule has 0 aromatic rings. The molecule has 0 aliphatic heterocycles. The molecule has 0 aromatic heterocycles. The standard InChI is InChI=1S/C20H28O3/c1-11-5-6-13-7-8-15-17(20(13,3)4)19(23)16(18(15)22)12(2)10-14(21)9-11/h5,12-13,16,18,22H,6-10H2,1-4H3/b11-5+/t12-,13+,16-,18-/m0/s1. The van der Waals surface area contributed by atoms with E-state index in [0.29, 0.717) is 18.8 Å². The Balaban J connectivity index is 2.08. The van der Waals surface area contributed by atoms with Gasteiger partial charge in [-0.3, -0.25) is 9.59 Å². The molecule has 0 saturated carbocycles. The molecule has 126 valence electrons. The average molecular weight is 316 g/mol. The van der Waals surface area contributed by atoms with Gasteiger partial charge in [0.05, 0.1) is 12.0 Å². The van der Waals surface area contributed by atoms with Crippen molar-refractivity contribution >= 4 is 11.6 Å². The molecule has 0 spiro atoms. The van der Waals surface area contributed by atoms with Crippen molar-refractivity contribution in [2.75, 3.05) is 0 Å². The van der Waals surface area contributed by atoms with Crippen LogP contribution in [0, 0.1) is 23.2 Å². The number of ketones is 2. The molecule has 4 atom stereocenters. The average Bonchev–Trinajstić information content (AvgIpc) is 2.69. The number of hydrogen-bond donors (Lipinski definition) is 1. The third-order valence-corrected chi connectivity index (χ3v) is 6.38. The summed E-state index contributed by atoms with van der Waals surface area (Å²) in [5.74, 6) is 0.152. The van der Waals surface area contributed by atoms with Crippen LogP contribution in [0.3, 0.4) is 0 Å². The minimum Gasteiger partial charge on any atom is -0.388 e. The molecule has 0 aromatic carbocycles. The highest BCUT2D eigenvalue weighted by Crippen LogP contribution is 2.53. The van der Waals surface area contributed by atoms with Gasteiger partial charge in [-0.15, -0.1) is 0 Å². The molecule has 0 unspecified atom stereocenters. The molecule has 1 N–H and O–H groups in total. The molecule has 0 amide bonds. The number of rotatable bonds is 0. The third-order valence-electron chi connectivity index (χ3n) is 6.38. The summed E-state index contributed by atoms with van der Waals surface area (Å²) in [6.45, 7) is 8.29. The fourth-order valence-corrected chi connectivity index (χ4v) is 5.00. The molecule has 0 radical (unpaired) electrons. The number of aliphatic hydroxyl groups excluding tert-OH is 1. The minimum absolute atomic E-state index is 0.0999. The lowest BCUT2D eigenvalue weighted by Gasteiger charge is -2.40. The lowest BCUT2D eigenvalue weighted by atomic mass is 9.64. The van der Waals surface area contributed by atoms with Crippen LogP contribution in [-0.2, 0) is 9.59 Å². The van der Waals surface area contributed by atoms with E-state index in [4.69, 9.17) is 0 Å². The van der Waals surface area contributed by atoms with E-state index >= 15 is 0 Å². The van der Waals surface area contributed by atoms with E-state index in [0.717, 1.165) is 36.0 Å². The van der Waals surface area contributed by atoms with Crippen LogP contribution in [0.5, 0.6) is 0 Å². The van der Waals surface area contributed by atoms with E-state index in [9.17, 15) is 14.7 Å². The van der Waals surface area contributed by atoms with Crippen molar-refractivity contribution in [3.8, 4) is 0 Å². The number of hydrogen-bond acceptors (Lipinski definition) is 3. The summed E-state index contributed by atoms with van der Waals surface area (Å²) in [7, 11) is 0. The van der Waals surface area contributed by atoms with Gasteiger partial charge in [0.15, 0.2) is 5.78 Å². The Bertz CT molecular complexity index is 608. The van der Waals surface area contributed by atoms with Gasteiger partial charge in [0, 0.05) is 18.4 Å². The molecule has 3 aliphatic carbocycles. The van der Waals surface area contributed by atoms with Crippen molar-refractivity contribution in [1.29, 1.82) is 0 Å². The van der Waals surface area contributed by atoms with Crippen LogP contribution in [0.4, 0.5) is 0 Å². The van der Waals surface area contributed by atoms with Crippen molar-refractivity contribution in [2.24, 2.45) is 23.2 Å². The number of allylic oxidation sites excluding steroid dienone is 3. The van der Waals surface area contributed by atoms with Crippen LogP contribution in [0.2, 0.25) is 0 Å². The summed E-state index contributed by atoms with van der Waals surface area (Å²) in [5.41, 5.74) is 2.77. The van der Waals surface area contributed by atoms with Crippen LogP contribution in [0.1, 0.15) is 59.8 Å². The number of aliphatic hydroxyl groups is 1. The Morgan fingerprint density at radius 2 is 1.96 bits per heavy atom. The predicted octanol–water partition coefficient (Wildman–Crippen LogP) is 3.61. The van der Waals surface area contributed by atoms with Crippen molar-refractivity contribution in [3.63, 3.8) is 0 Å². The first kappa shape index (κ1) is 16.6. The van der Waals surface area contributed by atoms with E-state index in [1.165, 1.54) is 0 Å². The molecule has 3 rings (SSSR count). The highest BCUT2D eigenvalue weighted by atomic mass is 16.3.